The van der Waals surface area contributed by atoms with Crippen molar-refractivity contribution in [2.45, 2.75) is 65.3 Å². The van der Waals surface area contributed by atoms with Crippen molar-refractivity contribution in [3.8, 4) is 0 Å². The number of nitrogens with two attached hydrogens (primary N) is 1. The third-order valence-electron chi connectivity index (χ3n) is 3.76. The van der Waals surface area contributed by atoms with E-state index in [0.717, 1.165) is 6.42 Å². The summed E-state index contributed by atoms with van der Waals surface area (Å²) in [5.74, 6) is 6.51. The van der Waals surface area contributed by atoms with E-state index in [4.69, 9.17) is 5.84 Å². The van der Waals surface area contributed by atoms with E-state index in [1.807, 2.05) is 0 Å². The lowest BCUT2D eigenvalue weighted by Gasteiger charge is -2.28. The second-order valence-corrected chi connectivity index (χ2v) is 6.69. The summed E-state index contributed by atoms with van der Waals surface area (Å²) < 4.78 is 0. The summed E-state index contributed by atoms with van der Waals surface area (Å²) in [6.07, 6.45) is 3.59. The number of rotatable bonds is 6. The first-order chi connectivity index (χ1) is 8.90. The molecule has 1 rings (SSSR count). The number of hydrazine groups is 1. The van der Waals surface area contributed by atoms with Crippen LogP contribution in [0.1, 0.15) is 71.0 Å². The predicted octanol–water partition coefficient (Wildman–Crippen LogP) is 4.31. The van der Waals surface area contributed by atoms with Gasteiger partial charge in [-0.2, -0.15) is 0 Å². The van der Waals surface area contributed by atoms with Crippen LogP contribution in [0.15, 0.2) is 24.3 Å². The Morgan fingerprint density at radius 2 is 1.84 bits per heavy atom. The fraction of sp³-hybridized carbons (Fsp3) is 0.647. The SMILES string of the molecule is CCCC(C)CC(NN)c1ccccc1C(C)(C)C. The van der Waals surface area contributed by atoms with Crippen LogP contribution in [-0.4, -0.2) is 0 Å². The Labute approximate surface area is 118 Å². The van der Waals surface area contributed by atoms with Gasteiger partial charge in [-0.05, 0) is 28.9 Å². The Balaban J connectivity index is 2.98. The molecule has 0 saturated heterocycles. The summed E-state index contributed by atoms with van der Waals surface area (Å²) in [5.41, 5.74) is 5.91. The Hall–Kier alpha value is -0.860. The van der Waals surface area contributed by atoms with Gasteiger partial charge in [0.05, 0.1) is 0 Å². The number of benzene rings is 1. The van der Waals surface area contributed by atoms with Crippen molar-refractivity contribution in [2.75, 3.05) is 0 Å². The Kier molecular flexibility index (Phi) is 6.02. The lowest BCUT2D eigenvalue weighted by molar-refractivity contribution is 0.389. The summed E-state index contributed by atoms with van der Waals surface area (Å²) >= 11 is 0. The minimum atomic E-state index is 0.152. The third-order valence-corrected chi connectivity index (χ3v) is 3.76. The molecule has 0 fully saturated rings. The molecule has 2 heteroatoms. The van der Waals surface area contributed by atoms with E-state index in [0.29, 0.717) is 5.92 Å². The molecule has 0 amide bonds. The van der Waals surface area contributed by atoms with Crippen LogP contribution < -0.4 is 11.3 Å². The van der Waals surface area contributed by atoms with E-state index < -0.39 is 0 Å². The average molecular weight is 262 g/mol. The Morgan fingerprint density at radius 1 is 1.21 bits per heavy atom. The van der Waals surface area contributed by atoms with E-state index in [1.165, 1.54) is 24.0 Å². The summed E-state index contributed by atoms with van der Waals surface area (Å²) in [5, 5.41) is 0. The minimum Gasteiger partial charge on any atom is -0.271 e. The molecule has 0 aliphatic rings. The molecule has 0 spiro atoms. The smallest absolute Gasteiger partial charge is 0.0465 e. The molecule has 1 aromatic rings. The summed E-state index contributed by atoms with van der Waals surface area (Å²) in [6.45, 7) is 11.3. The fourth-order valence-corrected chi connectivity index (χ4v) is 2.78. The topological polar surface area (TPSA) is 38.0 Å². The molecule has 0 aromatic heterocycles. The van der Waals surface area contributed by atoms with E-state index in [-0.39, 0.29) is 11.5 Å². The van der Waals surface area contributed by atoms with Crippen LogP contribution >= 0.6 is 0 Å². The lowest BCUT2D eigenvalue weighted by atomic mass is 9.80. The highest BCUT2D eigenvalue weighted by Gasteiger charge is 2.22. The zero-order valence-corrected chi connectivity index (χ0v) is 13.2. The van der Waals surface area contributed by atoms with E-state index in [9.17, 15) is 0 Å². The van der Waals surface area contributed by atoms with Crippen molar-refractivity contribution in [1.29, 1.82) is 0 Å². The van der Waals surface area contributed by atoms with E-state index in [2.05, 4.69) is 64.3 Å². The molecule has 0 heterocycles. The molecule has 19 heavy (non-hydrogen) atoms. The summed E-state index contributed by atoms with van der Waals surface area (Å²) in [7, 11) is 0. The standard InChI is InChI=1S/C17H30N2/c1-6-9-13(2)12-16(19-18)14-10-7-8-11-15(14)17(3,4)5/h7-8,10-11,13,16,19H,6,9,12,18H2,1-5H3. The normalized spacial score (nSPS) is 15.3. The summed E-state index contributed by atoms with van der Waals surface area (Å²) in [4.78, 5) is 0. The highest BCUT2D eigenvalue weighted by atomic mass is 15.2. The van der Waals surface area contributed by atoms with Gasteiger partial charge in [0, 0.05) is 6.04 Å². The molecular weight excluding hydrogens is 232 g/mol. The molecule has 1 aromatic carbocycles. The van der Waals surface area contributed by atoms with Crippen molar-refractivity contribution in [2.24, 2.45) is 11.8 Å². The van der Waals surface area contributed by atoms with Gasteiger partial charge in [-0.3, -0.25) is 11.3 Å². The van der Waals surface area contributed by atoms with Gasteiger partial charge in [0.2, 0.25) is 0 Å². The summed E-state index contributed by atoms with van der Waals surface area (Å²) in [6, 6.07) is 8.91. The van der Waals surface area contributed by atoms with E-state index >= 15 is 0 Å². The van der Waals surface area contributed by atoms with Gasteiger partial charge in [-0.1, -0.05) is 71.7 Å². The quantitative estimate of drug-likeness (QED) is 0.592. The first-order valence-electron chi connectivity index (χ1n) is 7.45. The highest BCUT2D eigenvalue weighted by molar-refractivity contribution is 5.35. The largest absolute Gasteiger partial charge is 0.271 e. The third kappa shape index (κ3) is 4.63. The van der Waals surface area contributed by atoms with Crippen molar-refractivity contribution in [3.05, 3.63) is 35.4 Å². The van der Waals surface area contributed by atoms with Crippen LogP contribution in [0.4, 0.5) is 0 Å². The molecule has 0 radical (unpaired) electrons. The number of hydrogen-bond acceptors (Lipinski definition) is 2. The average Bonchev–Trinajstić information content (AvgIpc) is 2.35. The molecule has 0 saturated carbocycles. The predicted molar refractivity (Wildman–Crippen MR) is 83.9 cm³/mol. The first kappa shape index (κ1) is 16.2. The first-order valence-corrected chi connectivity index (χ1v) is 7.45. The second-order valence-electron chi connectivity index (χ2n) is 6.69. The van der Waals surface area contributed by atoms with Crippen molar-refractivity contribution in [1.82, 2.24) is 5.43 Å². The van der Waals surface area contributed by atoms with Crippen LogP contribution in [0.2, 0.25) is 0 Å². The second kappa shape index (κ2) is 7.06. The maximum Gasteiger partial charge on any atom is 0.0465 e. The van der Waals surface area contributed by atoms with Crippen LogP contribution in [0.5, 0.6) is 0 Å². The van der Waals surface area contributed by atoms with Gasteiger partial charge in [-0.15, -0.1) is 0 Å². The van der Waals surface area contributed by atoms with Crippen LogP contribution in [0, 0.1) is 5.92 Å². The Morgan fingerprint density at radius 3 is 2.37 bits per heavy atom. The lowest BCUT2D eigenvalue weighted by Crippen LogP contribution is -2.31. The molecule has 2 unspecified atom stereocenters. The van der Waals surface area contributed by atoms with Crippen molar-refractivity contribution in [3.63, 3.8) is 0 Å². The van der Waals surface area contributed by atoms with Crippen molar-refractivity contribution >= 4 is 0 Å². The van der Waals surface area contributed by atoms with Gasteiger partial charge in [0.25, 0.3) is 0 Å². The number of hydrogen-bond donors (Lipinski definition) is 2. The van der Waals surface area contributed by atoms with Gasteiger partial charge >= 0.3 is 0 Å². The molecule has 3 N–H and O–H groups in total. The van der Waals surface area contributed by atoms with Crippen molar-refractivity contribution < 1.29 is 0 Å². The van der Waals surface area contributed by atoms with Crippen LogP contribution in [0.3, 0.4) is 0 Å². The zero-order valence-electron chi connectivity index (χ0n) is 13.2. The molecule has 2 atom stereocenters. The highest BCUT2D eigenvalue weighted by Crippen LogP contribution is 2.32. The number of nitrogens with one attached hydrogen (secondary N) is 1. The maximum absolute atomic E-state index is 5.81. The van der Waals surface area contributed by atoms with E-state index in [1.54, 1.807) is 0 Å². The molecule has 0 aliphatic carbocycles. The zero-order chi connectivity index (χ0) is 14.5. The molecular formula is C17H30N2. The van der Waals surface area contributed by atoms with Crippen LogP contribution in [-0.2, 0) is 5.41 Å². The van der Waals surface area contributed by atoms with Gasteiger partial charge < -0.3 is 0 Å². The Bertz CT molecular complexity index is 379. The van der Waals surface area contributed by atoms with Gasteiger partial charge in [-0.25, -0.2) is 0 Å². The minimum absolute atomic E-state index is 0.152. The maximum atomic E-state index is 5.81. The van der Waals surface area contributed by atoms with Gasteiger partial charge in [0.1, 0.15) is 0 Å². The fourth-order valence-electron chi connectivity index (χ4n) is 2.78. The molecule has 2 nitrogen and oxygen atoms in total. The molecule has 108 valence electrons. The monoisotopic (exact) mass is 262 g/mol. The molecule has 0 bridgehead atoms. The van der Waals surface area contributed by atoms with Crippen LogP contribution in [0.25, 0.3) is 0 Å². The van der Waals surface area contributed by atoms with Gasteiger partial charge in [0.15, 0.2) is 0 Å². The molecule has 0 aliphatic heterocycles.